The van der Waals surface area contributed by atoms with E-state index in [0.717, 1.165) is 32.5 Å². The second-order valence-corrected chi connectivity index (χ2v) is 4.89. The summed E-state index contributed by atoms with van der Waals surface area (Å²) in [6, 6.07) is 0.254. The average molecular weight is 226 g/mol. The molecule has 0 aromatic heterocycles. The van der Waals surface area contributed by atoms with E-state index in [9.17, 15) is 4.79 Å². The largest absolute Gasteiger partial charge is 0.446 e. The van der Waals surface area contributed by atoms with Crippen molar-refractivity contribution >= 4 is 6.09 Å². The molecule has 92 valence electrons. The van der Waals surface area contributed by atoms with Crippen molar-refractivity contribution in [3.05, 3.63) is 0 Å². The lowest BCUT2D eigenvalue weighted by Gasteiger charge is -2.34. The van der Waals surface area contributed by atoms with Crippen molar-refractivity contribution in [3.63, 3.8) is 0 Å². The van der Waals surface area contributed by atoms with Crippen LogP contribution in [0.3, 0.4) is 0 Å². The summed E-state index contributed by atoms with van der Waals surface area (Å²) in [5, 5.41) is 3.27. The Bertz CT molecular complexity index is 239. The zero-order chi connectivity index (χ0) is 11.4. The summed E-state index contributed by atoms with van der Waals surface area (Å²) in [6.07, 6.45) is 5.85. The Labute approximate surface area is 97.3 Å². The summed E-state index contributed by atoms with van der Waals surface area (Å²) in [7, 11) is 0. The number of piperazine rings is 1. The average Bonchev–Trinajstić information content (AvgIpc) is 2.31. The van der Waals surface area contributed by atoms with Crippen LogP contribution < -0.4 is 5.32 Å². The van der Waals surface area contributed by atoms with E-state index in [4.69, 9.17) is 4.74 Å². The molecule has 1 aliphatic heterocycles. The van der Waals surface area contributed by atoms with Crippen LogP contribution >= 0.6 is 0 Å². The van der Waals surface area contributed by atoms with Gasteiger partial charge in [0.25, 0.3) is 0 Å². The van der Waals surface area contributed by atoms with E-state index >= 15 is 0 Å². The van der Waals surface area contributed by atoms with Gasteiger partial charge in [0.15, 0.2) is 0 Å². The van der Waals surface area contributed by atoms with Gasteiger partial charge in [0, 0.05) is 25.7 Å². The molecule has 4 heteroatoms. The van der Waals surface area contributed by atoms with Crippen molar-refractivity contribution in [2.45, 2.75) is 51.2 Å². The molecule has 1 atom stereocenters. The first kappa shape index (κ1) is 11.7. The van der Waals surface area contributed by atoms with Crippen LogP contribution in [-0.2, 0) is 4.74 Å². The molecule has 1 heterocycles. The van der Waals surface area contributed by atoms with Crippen molar-refractivity contribution < 1.29 is 9.53 Å². The van der Waals surface area contributed by atoms with Gasteiger partial charge in [-0.05, 0) is 32.6 Å². The van der Waals surface area contributed by atoms with E-state index in [2.05, 4.69) is 12.2 Å². The Morgan fingerprint density at radius 3 is 2.75 bits per heavy atom. The van der Waals surface area contributed by atoms with E-state index < -0.39 is 0 Å². The first-order valence-electron chi connectivity index (χ1n) is 6.45. The SMILES string of the molecule is CC1CNCCN1C(=O)OC1CCCCC1. The molecule has 1 aliphatic carbocycles. The molecule has 4 nitrogen and oxygen atoms in total. The molecular weight excluding hydrogens is 204 g/mol. The van der Waals surface area contributed by atoms with Crippen molar-refractivity contribution in [2.24, 2.45) is 0 Å². The van der Waals surface area contributed by atoms with Crippen LogP contribution in [0, 0.1) is 0 Å². The number of nitrogens with one attached hydrogen (secondary N) is 1. The summed E-state index contributed by atoms with van der Waals surface area (Å²) < 4.78 is 5.56. The zero-order valence-corrected chi connectivity index (χ0v) is 10.1. The molecule has 1 unspecified atom stereocenters. The van der Waals surface area contributed by atoms with E-state index in [0.29, 0.717) is 0 Å². The number of hydrogen-bond donors (Lipinski definition) is 1. The second-order valence-electron chi connectivity index (χ2n) is 4.89. The standard InChI is InChI=1S/C12H22N2O2/c1-10-9-13-7-8-14(10)12(15)16-11-5-3-2-4-6-11/h10-11,13H,2-9H2,1H3. The minimum Gasteiger partial charge on any atom is -0.446 e. The Morgan fingerprint density at radius 1 is 1.31 bits per heavy atom. The van der Waals surface area contributed by atoms with E-state index in [-0.39, 0.29) is 18.2 Å². The number of amides is 1. The number of rotatable bonds is 1. The number of carbonyl (C=O) groups is 1. The fraction of sp³-hybridized carbons (Fsp3) is 0.917. The molecule has 1 saturated carbocycles. The predicted octanol–water partition coefficient (Wildman–Crippen LogP) is 1.75. The molecular formula is C12H22N2O2. The fourth-order valence-corrected chi connectivity index (χ4v) is 2.51. The molecule has 2 aliphatic rings. The summed E-state index contributed by atoms with van der Waals surface area (Å²) in [4.78, 5) is 13.8. The van der Waals surface area contributed by atoms with Crippen LogP contribution in [0.2, 0.25) is 0 Å². The smallest absolute Gasteiger partial charge is 0.410 e. The third-order valence-corrected chi connectivity index (χ3v) is 3.56. The quantitative estimate of drug-likeness (QED) is 0.740. The molecule has 0 aromatic rings. The third kappa shape index (κ3) is 2.88. The highest BCUT2D eigenvalue weighted by molar-refractivity contribution is 5.68. The minimum absolute atomic E-state index is 0.110. The fourth-order valence-electron chi connectivity index (χ4n) is 2.51. The van der Waals surface area contributed by atoms with E-state index in [1.54, 1.807) is 0 Å². The molecule has 2 fully saturated rings. The van der Waals surface area contributed by atoms with Gasteiger partial charge in [-0.15, -0.1) is 0 Å². The van der Waals surface area contributed by atoms with Gasteiger partial charge in [-0.25, -0.2) is 4.79 Å². The summed E-state index contributed by atoms with van der Waals surface area (Å²) in [6.45, 7) is 4.59. The summed E-state index contributed by atoms with van der Waals surface area (Å²) in [5.74, 6) is 0. The molecule has 0 bridgehead atoms. The van der Waals surface area contributed by atoms with Gasteiger partial charge in [0.2, 0.25) is 0 Å². The molecule has 0 spiro atoms. The van der Waals surface area contributed by atoms with Crippen LogP contribution in [0.5, 0.6) is 0 Å². The van der Waals surface area contributed by atoms with Crippen LogP contribution in [0.4, 0.5) is 4.79 Å². The Hall–Kier alpha value is -0.770. The normalized spacial score (nSPS) is 27.8. The summed E-state index contributed by atoms with van der Waals surface area (Å²) in [5.41, 5.74) is 0. The maximum absolute atomic E-state index is 12.0. The molecule has 0 radical (unpaired) electrons. The van der Waals surface area contributed by atoms with Crippen molar-refractivity contribution in [3.8, 4) is 0 Å². The highest BCUT2D eigenvalue weighted by Gasteiger charge is 2.27. The molecule has 1 saturated heterocycles. The highest BCUT2D eigenvalue weighted by atomic mass is 16.6. The van der Waals surface area contributed by atoms with Gasteiger partial charge in [-0.2, -0.15) is 0 Å². The van der Waals surface area contributed by atoms with Crippen molar-refractivity contribution in [2.75, 3.05) is 19.6 Å². The first-order chi connectivity index (χ1) is 7.77. The van der Waals surface area contributed by atoms with Gasteiger partial charge in [0.05, 0.1) is 0 Å². The number of ether oxygens (including phenoxy) is 1. The third-order valence-electron chi connectivity index (χ3n) is 3.56. The van der Waals surface area contributed by atoms with Gasteiger partial charge >= 0.3 is 6.09 Å². The van der Waals surface area contributed by atoms with E-state index in [1.165, 1.54) is 19.3 Å². The molecule has 2 rings (SSSR count). The molecule has 0 aromatic carbocycles. The first-order valence-corrected chi connectivity index (χ1v) is 6.45. The lowest BCUT2D eigenvalue weighted by molar-refractivity contribution is 0.0333. The Morgan fingerprint density at radius 2 is 2.06 bits per heavy atom. The van der Waals surface area contributed by atoms with Crippen molar-refractivity contribution in [1.82, 2.24) is 10.2 Å². The highest BCUT2D eigenvalue weighted by Crippen LogP contribution is 2.21. The maximum atomic E-state index is 12.0. The predicted molar refractivity (Wildman–Crippen MR) is 62.4 cm³/mol. The zero-order valence-electron chi connectivity index (χ0n) is 10.1. The van der Waals surface area contributed by atoms with Gasteiger partial charge in [-0.1, -0.05) is 6.42 Å². The maximum Gasteiger partial charge on any atom is 0.410 e. The molecule has 1 amide bonds. The summed E-state index contributed by atoms with van der Waals surface area (Å²) >= 11 is 0. The Balaban J connectivity index is 1.81. The topological polar surface area (TPSA) is 41.6 Å². The number of carbonyl (C=O) groups excluding carboxylic acids is 1. The van der Waals surface area contributed by atoms with E-state index in [1.807, 2.05) is 4.90 Å². The minimum atomic E-state index is -0.110. The van der Waals surface area contributed by atoms with Crippen molar-refractivity contribution in [1.29, 1.82) is 0 Å². The molecule has 16 heavy (non-hydrogen) atoms. The lowest BCUT2D eigenvalue weighted by Crippen LogP contribution is -2.52. The second kappa shape index (κ2) is 5.53. The van der Waals surface area contributed by atoms with Crippen LogP contribution in [0.25, 0.3) is 0 Å². The van der Waals surface area contributed by atoms with Gasteiger partial charge in [0.1, 0.15) is 6.10 Å². The molecule has 1 N–H and O–H groups in total. The Kier molecular flexibility index (Phi) is 4.04. The monoisotopic (exact) mass is 226 g/mol. The van der Waals surface area contributed by atoms with Crippen LogP contribution in [0.15, 0.2) is 0 Å². The van der Waals surface area contributed by atoms with Gasteiger partial charge in [-0.3, -0.25) is 0 Å². The number of hydrogen-bond acceptors (Lipinski definition) is 3. The van der Waals surface area contributed by atoms with Crippen LogP contribution in [0.1, 0.15) is 39.0 Å². The lowest BCUT2D eigenvalue weighted by atomic mass is 9.98. The van der Waals surface area contributed by atoms with Crippen LogP contribution in [-0.4, -0.2) is 42.8 Å². The number of nitrogens with zero attached hydrogens (tertiary/aromatic N) is 1. The van der Waals surface area contributed by atoms with Gasteiger partial charge < -0.3 is 15.0 Å².